The Kier molecular flexibility index (Phi) is 3.25. The molecule has 0 aromatic carbocycles. The lowest BCUT2D eigenvalue weighted by Crippen LogP contribution is -2.43. The number of nitrogens with one attached hydrogen (secondary N) is 1. The van der Waals surface area contributed by atoms with Gasteiger partial charge in [-0.25, -0.2) is 0 Å². The molecule has 0 spiro atoms. The van der Waals surface area contributed by atoms with E-state index in [0.717, 1.165) is 0 Å². The van der Waals surface area contributed by atoms with Crippen LogP contribution in [-0.2, 0) is 4.79 Å². The average molecular weight is 255 g/mol. The lowest BCUT2D eigenvalue weighted by molar-refractivity contribution is -0.266. The molecule has 0 saturated heterocycles. The fourth-order valence-electron chi connectivity index (χ4n) is 0.922. The number of aliphatic hydroxyl groups excluding tert-OH is 1. The Balaban J connectivity index is 2.97. The second-order valence-corrected chi connectivity index (χ2v) is 3.05. The summed E-state index contributed by atoms with van der Waals surface area (Å²) in [6.45, 7) is 0. The molecule has 0 aliphatic heterocycles. The minimum absolute atomic E-state index is 0.142. The molecular formula is C9H6F5NO2. The van der Waals surface area contributed by atoms with Gasteiger partial charge in [0, 0.05) is 12.3 Å². The van der Waals surface area contributed by atoms with Crippen LogP contribution in [0.15, 0.2) is 24.4 Å². The van der Waals surface area contributed by atoms with E-state index in [1.54, 1.807) is 0 Å². The number of carbonyl (C=O) groups excluding carboxylic acids is 1. The number of carbonyl (C=O) groups is 1. The Labute approximate surface area is 91.6 Å². The predicted octanol–water partition coefficient (Wildman–Crippen LogP) is 2.68. The molecule has 8 heteroatoms. The number of aliphatic hydroxyl groups is 1. The molecule has 0 saturated carbocycles. The number of alkyl halides is 5. The first kappa shape index (κ1) is 13.2. The number of aromatic amines is 1. The van der Waals surface area contributed by atoms with Gasteiger partial charge in [0.15, 0.2) is 0 Å². The van der Waals surface area contributed by atoms with E-state index < -0.39 is 23.6 Å². The van der Waals surface area contributed by atoms with Gasteiger partial charge in [-0.1, -0.05) is 0 Å². The monoisotopic (exact) mass is 255 g/mol. The molecule has 1 rings (SSSR count). The van der Waals surface area contributed by atoms with Gasteiger partial charge >= 0.3 is 12.1 Å². The van der Waals surface area contributed by atoms with E-state index in [2.05, 4.69) is 4.98 Å². The summed E-state index contributed by atoms with van der Waals surface area (Å²) in [5.74, 6) is -9.05. The summed E-state index contributed by atoms with van der Waals surface area (Å²) < 4.78 is 60.3. The van der Waals surface area contributed by atoms with Gasteiger partial charge in [-0.15, -0.1) is 0 Å². The van der Waals surface area contributed by atoms with Gasteiger partial charge in [-0.05, 0) is 12.1 Å². The molecule has 0 fully saturated rings. The molecular weight excluding hydrogens is 249 g/mol. The van der Waals surface area contributed by atoms with Crippen LogP contribution in [0.4, 0.5) is 22.0 Å². The number of rotatable bonds is 3. The standard InChI is InChI=1S/C9H6F5NO2/c10-8(11,9(12,13)14)7(17)4-6(16)5-2-1-3-15-5/h1-4,15-16H. The molecule has 0 unspecified atom stereocenters. The van der Waals surface area contributed by atoms with Crippen molar-refractivity contribution in [1.82, 2.24) is 4.98 Å². The first-order valence-electron chi connectivity index (χ1n) is 4.19. The maximum absolute atomic E-state index is 12.5. The first-order valence-corrected chi connectivity index (χ1v) is 4.19. The van der Waals surface area contributed by atoms with E-state index in [4.69, 9.17) is 5.11 Å². The van der Waals surface area contributed by atoms with E-state index in [9.17, 15) is 26.7 Å². The van der Waals surface area contributed by atoms with E-state index in [1.165, 1.54) is 18.3 Å². The van der Waals surface area contributed by atoms with Crippen LogP contribution in [0.5, 0.6) is 0 Å². The fourth-order valence-corrected chi connectivity index (χ4v) is 0.922. The quantitative estimate of drug-likeness (QED) is 0.495. The summed E-state index contributed by atoms with van der Waals surface area (Å²) in [7, 11) is 0. The van der Waals surface area contributed by atoms with Crippen molar-refractivity contribution < 1.29 is 31.9 Å². The van der Waals surface area contributed by atoms with E-state index in [1.807, 2.05) is 0 Å². The normalized spacial score (nSPS) is 13.8. The fraction of sp³-hybridized carbons (Fsp3) is 0.222. The Bertz CT molecular complexity index is 433. The van der Waals surface area contributed by atoms with Gasteiger partial charge in [0.1, 0.15) is 5.76 Å². The summed E-state index contributed by atoms with van der Waals surface area (Å²) in [4.78, 5) is 13.0. The maximum Gasteiger partial charge on any atom is 0.461 e. The van der Waals surface area contributed by atoms with Crippen molar-refractivity contribution in [2.75, 3.05) is 0 Å². The third-order valence-corrected chi connectivity index (χ3v) is 1.81. The molecule has 0 radical (unpaired) electrons. The third kappa shape index (κ3) is 2.63. The Morgan fingerprint density at radius 1 is 1.29 bits per heavy atom. The van der Waals surface area contributed by atoms with Crippen LogP contribution < -0.4 is 0 Å². The van der Waals surface area contributed by atoms with Crippen LogP contribution in [0.25, 0.3) is 5.76 Å². The Morgan fingerprint density at radius 3 is 2.29 bits per heavy atom. The van der Waals surface area contributed by atoms with Crippen molar-refractivity contribution in [3.05, 3.63) is 30.1 Å². The van der Waals surface area contributed by atoms with Crippen LogP contribution >= 0.6 is 0 Å². The molecule has 1 aromatic rings. The zero-order chi connectivity index (χ0) is 13.3. The van der Waals surface area contributed by atoms with Gasteiger partial charge in [0.2, 0.25) is 5.78 Å². The van der Waals surface area contributed by atoms with Gasteiger partial charge in [-0.3, -0.25) is 4.79 Å². The smallest absolute Gasteiger partial charge is 0.461 e. The number of halogens is 5. The highest BCUT2D eigenvalue weighted by atomic mass is 19.4. The Hall–Kier alpha value is -1.86. The molecule has 0 aliphatic rings. The van der Waals surface area contributed by atoms with Crippen molar-refractivity contribution in [3.8, 4) is 0 Å². The minimum atomic E-state index is -5.99. The van der Waals surface area contributed by atoms with Crippen LogP contribution in [0, 0.1) is 0 Å². The predicted molar refractivity (Wildman–Crippen MR) is 47.4 cm³/mol. The van der Waals surface area contributed by atoms with Crippen molar-refractivity contribution in [2.45, 2.75) is 12.1 Å². The number of hydrogen-bond donors (Lipinski definition) is 2. The van der Waals surface area contributed by atoms with Gasteiger partial charge in [0.05, 0.1) is 5.69 Å². The zero-order valence-corrected chi connectivity index (χ0v) is 8.05. The highest BCUT2D eigenvalue weighted by Crippen LogP contribution is 2.36. The SMILES string of the molecule is O=C(C=C(O)c1ccc[nH]1)C(F)(F)C(F)(F)F. The van der Waals surface area contributed by atoms with Crippen LogP contribution in [0.1, 0.15) is 5.69 Å². The molecule has 0 amide bonds. The van der Waals surface area contributed by atoms with Gasteiger partial charge < -0.3 is 10.1 Å². The van der Waals surface area contributed by atoms with Crippen LogP contribution in [-0.4, -0.2) is 28.0 Å². The number of allylic oxidation sites excluding steroid dienone is 1. The van der Waals surface area contributed by atoms with Gasteiger partial charge in [-0.2, -0.15) is 22.0 Å². The van der Waals surface area contributed by atoms with E-state index in [-0.39, 0.29) is 11.8 Å². The van der Waals surface area contributed by atoms with Crippen LogP contribution in [0.2, 0.25) is 0 Å². The van der Waals surface area contributed by atoms with E-state index in [0.29, 0.717) is 0 Å². The minimum Gasteiger partial charge on any atom is -0.506 e. The highest BCUT2D eigenvalue weighted by molar-refractivity contribution is 6.00. The van der Waals surface area contributed by atoms with E-state index >= 15 is 0 Å². The molecule has 3 nitrogen and oxygen atoms in total. The molecule has 0 aliphatic carbocycles. The average Bonchev–Trinajstić information content (AvgIpc) is 2.68. The van der Waals surface area contributed by atoms with Crippen molar-refractivity contribution >= 4 is 11.5 Å². The second kappa shape index (κ2) is 4.19. The summed E-state index contributed by atoms with van der Waals surface area (Å²) in [6, 6.07) is 2.57. The van der Waals surface area contributed by atoms with Crippen molar-refractivity contribution in [1.29, 1.82) is 0 Å². The maximum atomic E-state index is 12.5. The van der Waals surface area contributed by atoms with Crippen molar-refractivity contribution in [3.63, 3.8) is 0 Å². The number of H-pyrrole nitrogens is 1. The number of ketones is 1. The number of aromatic nitrogens is 1. The first-order chi connectivity index (χ1) is 7.66. The topological polar surface area (TPSA) is 53.1 Å². The third-order valence-electron chi connectivity index (χ3n) is 1.81. The number of hydrogen-bond acceptors (Lipinski definition) is 2. The summed E-state index contributed by atoms with van der Waals surface area (Å²) in [5, 5.41) is 9.12. The summed E-state index contributed by atoms with van der Waals surface area (Å²) in [5.41, 5.74) is -0.142. The second-order valence-electron chi connectivity index (χ2n) is 3.05. The zero-order valence-electron chi connectivity index (χ0n) is 8.05. The summed E-state index contributed by atoms with van der Waals surface area (Å²) in [6.07, 6.45) is -4.86. The largest absolute Gasteiger partial charge is 0.506 e. The van der Waals surface area contributed by atoms with Crippen molar-refractivity contribution in [2.24, 2.45) is 0 Å². The molecule has 1 heterocycles. The lowest BCUT2D eigenvalue weighted by Gasteiger charge is -2.16. The molecule has 17 heavy (non-hydrogen) atoms. The summed E-state index contributed by atoms with van der Waals surface area (Å²) >= 11 is 0. The molecule has 0 atom stereocenters. The molecule has 1 aromatic heterocycles. The molecule has 0 bridgehead atoms. The van der Waals surface area contributed by atoms with Gasteiger partial charge in [0.25, 0.3) is 0 Å². The highest BCUT2D eigenvalue weighted by Gasteiger charge is 2.62. The van der Waals surface area contributed by atoms with Crippen LogP contribution in [0.3, 0.4) is 0 Å². The molecule has 94 valence electrons. The lowest BCUT2D eigenvalue weighted by atomic mass is 10.1. The Morgan fingerprint density at radius 2 is 1.88 bits per heavy atom. The molecule has 2 N–H and O–H groups in total.